The highest BCUT2D eigenvalue weighted by molar-refractivity contribution is 5.75. The molecule has 1 aliphatic heterocycles. The van der Waals surface area contributed by atoms with Crippen molar-refractivity contribution < 1.29 is 9.53 Å². The van der Waals surface area contributed by atoms with Gasteiger partial charge in [-0.05, 0) is 50.0 Å². The molecule has 1 saturated heterocycles. The molecule has 3 rings (SSSR count). The molecule has 2 heteroatoms. The third kappa shape index (κ3) is 1.49. The quantitative estimate of drug-likeness (QED) is 0.474. The Morgan fingerprint density at radius 2 is 2.12 bits per heavy atom. The van der Waals surface area contributed by atoms with Crippen LogP contribution in [0.4, 0.5) is 0 Å². The van der Waals surface area contributed by atoms with Gasteiger partial charge >= 0.3 is 5.97 Å². The van der Waals surface area contributed by atoms with Gasteiger partial charge in [0.15, 0.2) is 0 Å². The van der Waals surface area contributed by atoms with Crippen molar-refractivity contribution >= 4 is 5.97 Å². The number of carbonyl (C=O) groups is 1. The molecule has 1 saturated carbocycles. The highest BCUT2D eigenvalue weighted by atomic mass is 16.6. The van der Waals surface area contributed by atoms with Crippen LogP contribution < -0.4 is 0 Å². The Morgan fingerprint density at radius 3 is 2.88 bits per heavy atom. The number of rotatable bonds is 0. The summed E-state index contributed by atoms with van der Waals surface area (Å²) in [6.45, 7) is 6.65. The van der Waals surface area contributed by atoms with Gasteiger partial charge in [-0.2, -0.15) is 0 Å². The van der Waals surface area contributed by atoms with Crippen molar-refractivity contribution in [3.05, 3.63) is 11.1 Å². The molecule has 0 amide bonds. The predicted octanol–water partition coefficient (Wildman–Crippen LogP) is 3.46. The Hall–Kier alpha value is -0.790. The highest BCUT2D eigenvalue weighted by Crippen LogP contribution is 2.55. The summed E-state index contributed by atoms with van der Waals surface area (Å²) in [7, 11) is 0. The number of hydrogen-bond acceptors (Lipinski definition) is 2. The zero-order valence-electron chi connectivity index (χ0n) is 11.1. The zero-order chi connectivity index (χ0) is 12.2. The minimum atomic E-state index is 0.0233. The largest absolute Gasteiger partial charge is 0.457 e. The summed E-state index contributed by atoms with van der Waals surface area (Å²) in [5, 5.41) is 0. The molecule has 0 spiro atoms. The van der Waals surface area contributed by atoms with Crippen LogP contribution in [0.15, 0.2) is 11.1 Å². The summed E-state index contributed by atoms with van der Waals surface area (Å²) in [6.07, 6.45) is 6.27. The fraction of sp³-hybridized carbons (Fsp3) is 0.800. The van der Waals surface area contributed by atoms with E-state index in [1.807, 2.05) is 6.92 Å². The first-order valence-corrected chi connectivity index (χ1v) is 6.93. The molecule has 0 bridgehead atoms. The predicted molar refractivity (Wildman–Crippen MR) is 66.4 cm³/mol. The highest BCUT2D eigenvalue weighted by Gasteiger charge is 2.52. The number of fused-ring (bicyclic) bond motifs is 3. The van der Waals surface area contributed by atoms with Gasteiger partial charge < -0.3 is 4.74 Å². The Kier molecular flexibility index (Phi) is 2.39. The van der Waals surface area contributed by atoms with Gasteiger partial charge in [0.25, 0.3) is 0 Å². The molecule has 2 fully saturated rings. The van der Waals surface area contributed by atoms with Crippen LogP contribution in [-0.4, -0.2) is 12.1 Å². The molecule has 0 N–H and O–H groups in total. The van der Waals surface area contributed by atoms with Crippen LogP contribution in [0.2, 0.25) is 0 Å². The standard InChI is InChI=1S/C15H22O2/c1-9-5-4-7-15(3)8-6-11-10(2)14(16)17-13(11)12(9)15/h10-11,13H,4-8H2,1-3H3/t10-,11-,13-,15+/m1/s1. The molecular weight excluding hydrogens is 212 g/mol. The van der Waals surface area contributed by atoms with Crippen molar-refractivity contribution in [2.45, 2.75) is 59.0 Å². The average molecular weight is 234 g/mol. The van der Waals surface area contributed by atoms with Crippen molar-refractivity contribution in [3.8, 4) is 0 Å². The van der Waals surface area contributed by atoms with Crippen LogP contribution in [0.5, 0.6) is 0 Å². The van der Waals surface area contributed by atoms with Crippen molar-refractivity contribution in [1.29, 1.82) is 0 Å². The Morgan fingerprint density at radius 1 is 1.35 bits per heavy atom. The fourth-order valence-corrected chi connectivity index (χ4v) is 4.29. The lowest BCUT2D eigenvalue weighted by Crippen LogP contribution is -2.40. The minimum absolute atomic E-state index is 0.0233. The topological polar surface area (TPSA) is 26.3 Å². The monoisotopic (exact) mass is 234 g/mol. The third-order valence-corrected chi connectivity index (χ3v) is 5.35. The maximum atomic E-state index is 11.8. The Bertz CT molecular complexity index is 396. The molecule has 0 radical (unpaired) electrons. The van der Waals surface area contributed by atoms with Crippen LogP contribution >= 0.6 is 0 Å². The molecule has 0 aromatic carbocycles. The van der Waals surface area contributed by atoms with Crippen molar-refractivity contribution in [2.24, 2.45) is 17.3 Å². The second kappa shape index (κ2) is 3.60. The SMILES string of the molecule is CC1=C2[C@@H]3OC(=O)[C@H](C)[C@H]3CC[C@]2(C)CCC1. The number of carbonyl (C=O) groups excluding carboxylic acids is 1. The molecule has 2 aliphatic carbocycles. The molecular formula is C15H22O2. The van der Waals surface area contributed by atoms with Gasteiger partial charge in [-0.25, -0.2) is 0 Å². The van der Waals surface area contributed by atoms with E-state index in [4.69, 9.17) is 4.74 Å². The molecule has 0 unspecified atom stereocenters. The molecule has 2 nitrogen and oxygen atoms in total. The lowest BCUT2D eigenvalue weighted by atomic mass is 9.59. The number of hydrogen-bond donors (Lipinski definition) is 0. The van der Waals surface area contributed by atoms with E-state index < -0.39 is 0 Å². The zero-order valence-corrected chi connectivity index (χ0v) is 11.1. The number of esters is 1. The van der Waals surface area contributed by atoms with E-state index >= 15 is 0 Å². The smallest absolute Gasteiger partial charge is 0.309 e. The van der Waals surface area contributed by atoms with E-state index in [0.717, 1.165) is 6.42 Å². The minimum Gasteiger partial charge on any atom is -0.457 e. The van der Waals surface area contributed by atoms with E-state index in [-0.39, 0.29) is 18.0 Å². The van der Waals surface area contributed by atoms with Crippen LogP contribution in [0.3, 0.4) is 0 Å². The first-order chi connectivity index (χ1) is 8.03. The molecule has 3 aliphatic rings. The van der Waals surface area contributed by atoms with Gasteiger partial charge in [0.2, 0.25) is 0 Å². The lowest BCUT2D eigenvalue weighted by Gasteiger charge is -2.46. The normalized spacial score (nSPS) is 45.4. The van der Waals surface area contributed by atoms with Gasteiger partial charge in [-0.15, -0.1) is 0 Å². The summed E-state index contributed by atoms with van der Waals surface area (Å²) >= 11 is 0. The van der Waals surface area contributed by atoms with Crippen LogP contribution in [0.1, 0.15) is 52.9 Å². The molecule has 0 aromatic rings. The molecule has 1 heterocycles. The number of allylic oxidation sites excluding steroid dienone is 1. The summed E-state index contributed by atoms with van der Waals surface area (Å²) in [4.78, 5) is 11.8. The van der Waals surface area contributed by atoms with Crippen molar-refractivity contribution in [2.75, 3.05) is 0 Å². The van der Waals surface area contributed by atoms with E-state index in [1.54, 1.807) is 0 Å². The van der Waals surface area contributed by atoms with Gasteiger partial charge in [-0.1, -0.05) is 19.4 Å². The van der Waals surface area contributed by atoms with Gasteiger partial charge in [-0.3, -0.25) is 4.79 Å². The van der Waals surface area contributed by atoms with Crippen LogP contribution in [-0.2, 0) is 9.53 Å². The lowest BCUT2D eigenvalue weighted by molar-refractivity contribution is -0.143. The number of ether oxygens (including phenoxy) is 1. The van der Waals surface area contributed by atoms with E-state index in [9.17, 15) is 4.79 Å². The second-order valence-corrected chi connectivity index (χ2v) is 6.46. The summed E-state index contributed by atoms with van der Waals surface area (Å²) in [5.74, 6) is 0.570. The summed E-state index contributed by atoms with van der Waals surface area (Å²) < 4.78 is 5.69. The van der Waals surface area contributed by atoms with E-state index in [2.05, 4.69) is 13.8 Å². The average Bonchev–Trinajstić information content (AvgIpc) is 2.54. The first kappa shape index (κ1) is 11.3. The molecule has 17 heavy (non-hydrogen) atoms. The van der Waals surface area contributed by atoms with Gasteiger partial charge in [0.05, 0.1) is 5.92 Å². The Balaban J connectivity index is 2.03. The summed E-state index contributed by atoms with van der Waals surface area (Å²) in [6, 6.07) is 0. The molecule has 0 aromatic heterocycles. The Labute approximate surface area is 103 Å². The van der Waals surface area contributed by atoms with E-state index in [0.29, 0.717) is 11.3 Å². The molecule has 94 valence electrons. The first-order valence-electron chi connectivity index (χ1n) is 6.93. The summed E-state index contributed by atoms with van der Waals surface area (Å²) in [5.41, 5.74) is 3.29. The van der Waals surface area contributed by atoms with Crippen molar-refractivity contribution in [3.63, 3.8) is 0 Å². The van der Waals surface area contributed by atoms with E-state index in [1.165, 1.54) is 36.8 Å². The third-order valence-electron chi connectivity index (χ3n) is 5.35. The fourth-order valence-electron chi connectivity index (χ4n) is 4.29. The van der Waals surface area contributed by atoms with Gasteiger partial charge in [0, 0.05) is 5.92 Å². The maximum absolute atomic E-state index is 11.8. The molecule has 4 atom stereocenters. The van der Waals surface area contributed by atoms with Crippen LogP contribution in [0, 0.1) is 17.3 Å². The van der Waals surface area contributed by atoms with Crippen molar-refractivity contribution in [1.82, 2.24) is 0 Å². The maximum Gasteiger partial charge on any atom is 0.309 e. The second-order valence-electron chi connectivity index (χ2n) is 6.46. The van der Waals surface area contributed by atoms with Crippen LogP contribution in [0.25, 0.3) is 0 Å². The van der Waals surface area contributed by atoms with Gasteiger partial charge in [0.1, 0.15) is 6.10 Å².